The number of nitrogens with one attached hydrogen (secondary N) is 2. The first-order valence-corrected chi connectivity index (χ1v) is 9.45. The molecule has 6 heteroatoms. The van der Waals surface area contributed by atoms with Gasteiger partial charge in [-0.3, -0.25) is 4.90 Å². The van der Waals surface area contributed by atoms with Gasteiger partial charge >= 0.3 is 12.1 Å². The van der Waals surface area contributed by atoms with Gasteiger partial charge in [0.1, 0.15) is 0 Å². The Balaban J connectivity index is 1.44. The lowest BCUT2D eigenvalue weighted by atomic mass is 9.96. The van der Waals surface area contributed by atoms with Crippen LogP contribution in [0, 0.1) is 5.92 Å². The maximum Gasteiger partial charge on any atom is 0.322 e. The molecule has 0 bridgehead atoms. The Hall–Kier alpha value is -2.24. The standard InChI is InChI=1S/C19H26N4O2/c24-18-20-10-12-22(18)16-8-3-7-15(13-16)21-19(25)23-11-4-9-17(23)14-5-1-2-6-14/h3,7-8,13-14,17H,1-2,4-6,9-12H2,(H,20,24)(H,21,25). The first-order chi connectivity index (χ1) is 12.2. The van der Waals surface area contributed by atoms with E-state index in [-0.39, 0.29) is 12.1 Å². The third kappa shape index (κ3) is 3.30. The first kappa shape index (κ1) is 16.2. The van der Waals surface area contributed by atoms with E-state index in [0.717, 1.165) is 30.8 Å². The van der Waals surface area contributed by atoms with Crippen molar-refractivity contribution in [3.05, 3.63) is 24.3 Å². The zero-order valence-electron chi connectivity index (χ0n) is 14.5. The van der Waals surface area contributed by atoms with Crippen molar-refractivity contribution in [3.8, 4) is 0 Å². The molecule has 2 saturated heterocycles. The van der Waals surface area contributed by atoms with Crippen molar-refractivity contribution in [2.45, 2.75) is 44.6 Å². The van der Waals surface area contributed by atoms with Gasteiger partial charge in [-0.15, -0.1) is 0 Å². The summed E-state index contributed by atoms with van der Waals surface area (Å²) in [5.41, 5.74) is 1.57. The van der Waals surface area contributed by atoms with Crippen molar-refractivity contribution in [1.82, 2.24) is 10.2 Å². The second-order valence-corrected chi connectivity index (χ2v) is 7.31. The van der Waals surface area contributed by atoms with Gasteiger partial charge in [0.15, 0.2) is 0 Å². The second kappa shape index (κ2) is 6.94. The molecular weight excluding hydrogens is 316 g/mol. The largest absolute Gasteiger partial charge is 0.336 e. The number of benzene rings is 1. The van der Waals surface area contributed by atoms with Crippen LogP contribution in [-0.2, 0) is 0 Å². The number of hydrogen-bond acceptors (Lipinski definition) is 2. The number of anilines is 2. The lowest BCUT2D eigenvalue weighted by Gasteiger charge is -2.29. The Labute approximate surface area is 148 Å². The van der Waals surface area contributed by atoms with Crippen LogP contribution in [0.1, 0.15) is 38.5 Å². The molecule has 0 radical (unpaired) electrons. The number of rotatable bonds is 3. The molecule has 3 fully saturated rings. The molecule has 2 aliphatic heterocycles. The van der Waals surface area contributed by atoms with Crippen LogP contribution in [0.5, 0.6) is 0 Å². The highest BCUT2D eigenvalue weighted by Crippen LogP contribution is 2.35. The molecule has 134 valence electrons. The van der Waals surface area contributed by atoms with Crippen LogP contribution in [-0.4, -0.2) is 42.6 Å². The maximum absolute atomic E-state index is 12.8. The molecule has 1 unspecified atom stereocenters. The third-order valence-electron chi connectivity index (χ3n) is 5.77. The normalized spacial score (nSPS) is 24.0. The van der Waals surface area contributed by atoms with Crippen LogP contribution in [0.4, 0.5) is 21.0 Å². The number of likely N-dealkylation sites (tertiary alicyclic amines) is 1. The number of carbonyl (C=O) groups is 2. The minimum absolute atomic E-state index is 0.00239. The number of hydrogen-bond donors (Lipinski definition) is 2. The van der Waals surface area contributed by atoms with E-state index in [1.807, 2.05) is 29.2 Å². The van der Waals surface area contributed by atoms with Crippen molar-refractivity contribution in [2.75, 3.05) is 29.9 Å². The van der Waals surface area contributed by atoms with Crippen LogP contribution in [0.15, 0.2) is 24.3 Å². The van der Waals surface area contributed by atoms with Gasteiger partial charge in [-0.05, 0) is 49.8 Å². The maximum atomic E-state index is 12.8. The Morgan fingerprint density at radius 3 is 2.72 bits per heavy atom. The highest BCUT2D eigenvalue weighted by atomic mass is 16.2. The van der Waals surface area contributed by atoms with E-state index in [2.05, 4.69) is 10.6 Å². The van der Waals surface area contributed by atoms with Crippen molar-refractivity contribution in [2.24, 2.45) is 5.92 Å². The van der Waals surface area contributed by atoms with Crippen LogP contribution in [0.2, 0.25) is 0 Å². The highest BCUT2D eigenvalue weighted by molar-refractivity contribution is 5.96. The van der Waals surface area contributed by atoms with Gasteiger partial charge in [-0.2, -0.15) is 0 Å². The van der Waals surface area contributed by atoms with Crippen molar-refractivity contribution in [3.63, 3.8) is 0 Å². The topological polar surface area (TPSA) is 64.7 Å². The SMILES string of the molecule is O=C1NCCN1c1cccc(NC(=O)N2CCCC2C2CCCC2)c1. The molecule has 4 amide bonds. The van der Waals surface area contributed by atoms with Crippen molar-refractivity contribution < 1.29 is 9.59 Å². The van der Waals surface area contributed by atoms with E-state index in [4.69, 9.17) is 0 Å². The minimum atomic E-state index is -0.0793. The molecule has 0 aromatic heterocycles. The molecule has 6 nitrogen and oxygen atoms in total. The summed E-state index contributed by atoms with van der Waals surface area (Å²) in [7, 11) is 0. The van der Waals surface area contributed by atoms with Gasteiger partial charge < -0.3 is 15.5 Å². The van der Waals surface area contributed by atoms with E-state index in [1.54, 1.807) is 4.90 Å². The Morgan fingerprint density at radius 1 is 1.12 bits per heavy atom. The summed E-state index contributed by atoms with van der Waals surface area (Å²) < 4.78 is 0. The Bertz CT molecular complexity index is 657. The van der Waals surface area contributed by atoms with Gasteiger partial charge in [0.25, 0.3) is 0 Å². The molecule has 4 rings (SSSR count). The van der Waals surface area contributed by atoms with Crippen molar-refractivity contribution >= 4 is 23.4 Å². The fraction of sp³-hybridized carbons (Fsp3) is 0.579. The van der Waals surface area contributed by atoms with E-state index in [0.29, 0.717) is 25.0 Å². The summed E-state index contributed by atoms with van der Waals surface area (Å²) in [4.78, 5) is 28.4. The first-order valence-electron chi connectivity index (χ1n) is 9.45. The quantitative estimate of drug-likeness (QED) is 0.884. The molecule has 1 aromatic carbocycles. The molecule has 2 N–H and O–H groups in total. The van der Waals surface area contributed by atoms with Crippen LogP contribution in [0.25, 0.3) is 0 Å². The second-order valence-electron chi connectivity index (χ2n) is 7.31. The summed E-state index contributed by atoms with van der Waals surface area (Å²) >= 11 is 0. The number of nitrogens with zero attached hydrogens (tertiary/aromatic N) is 2. The summed E-state index contributed by atoms with van der Waals surface area (Å²) in [5, 5.41) is 5.85. The fourth-order valence-electron chi connectivity index (χ4n) is 4.54. The molecule has 3 aliphatic rings. The van der Waals surface area contributed by atoms with Gasteiger partial charge in [0.05, 0.1) is 0 Å². The van der Waals surface area contributed by atoms with Gasteiger partial charge in [0.2, 0.25) is 0 Å². The molecule has 25 heavy (non-hydrogen) atoms. The highest BCUT2D eigenvalue weighted by Gasteiger charge is 2.36. The average Bonchev–Trinajstić information content (AvgIpc) is 3.36. The monoisotopic (exact) mass is 342 g/mol. The Kier molecular flexibility index (Phi) is 4.51. The summed E-state index contributed by atoms with van der Waals surface area (Å²) in [6, 6.07) is 7.86. The molecule has 2 heterocycles. The minimum Gasteiger partial charge on any atom is -0.336 e. The fourth-order valence-corrected chi connectivity index (χ4v) is 4.54. The molecule has 1 aromatic rings. The molecule has 1 saturated carbocycles. The van der Waals surface area contributed by atoms with E-state index >= 15 is 0 Å². The summed E-state index contributed by atoms with van der Waals surface area (Å²) in [5.74, 6) is 0.674. The Morgan fingerprint density at radius 2 is 1.96 bits per heavy atom. The molecular formula is C19H26N4O2. The van der Waals surface area contributed by atoms with E-state index < -0.39 is 0 Å². The summed E-state index contributed by atoms with van der Waals surface area (Å²) in [6.45, 7) is 2.17. The smallest absolute Gasteiger partial charge is 0.322 e. The van der Waals surface area contributed by atoms with Crippen LogP contribution in [0.3, 0.4) is 0 Å². The average molecular weight is 342 g/mol. The number of carbonyl (C=O) groups excluding carboxylic acids is 2. The van der Waals surface area contributed by atoms with Gasteiger partial charge in [-0.1, -0.05) is 18.9 Å². The lowest BCUT2D eigenvalue weighted by molar-refractivity contribution is 0.185. The number of urea groups is 2. The molecule has 0 spiro atoms. The molecule has 1 atom stereocenters. The number of amides is 4. The van der Waals surface area contributed by atoms with Gasteiger partial charge in [-0.25, -0.2) is 9.59 Å². The molecule has 1 aliphatic carbocycles. The zero-order chi connectivity index (χ0) is 17.2. The predicted molar refractivity (Wildman–Crippen MR) is 97.9 cm³/mol. The third-order valence-corrected chi connectivity index (χ3v) is 5.77. The van der Waals surface area contributed by atoms with E-state index in [9.17, 15) is 9.59 Å². The van der Waals surface area contributed by atoms with E-state index in [1.165, 1.54) is 25.7 Å². The van der Waals surface area contributed by atoms with Crippen molar-refractivity contribution in [1.29, 1.82) is 0 Å². The zero-order valence-corrected chi connectivity index (χ0v) is 14.5. The van der Waals surface area contributed by atoms with Crippen LogP contribution >= 0.6 is 0 Å². The predicted octanol–water partition coefficient (Wildman–Crippen LogP) is 3.40. The summed E-state index contributed by atoms with van der Waals surface area (Å²) in [6.07, 6.45) is 7.35. The lowest BCUT2D eigenvalue weighted by Crippen LogP contribution is -2.42. The van der Waals surface area contributed by atoms with Gasteiger partial charge in [0, 0.05) is 37.1 Å². The van der Waals surface area contributed by atoms with Crippen LogP contribution < -0.4 is 15.5 Å².